The van der Waals surface area contributed by atoms with Crippen molar-refractivity contribution in [1.82, 2.24) is 9.62 Å². The molecule has 2 aliphatic rings. The Balaban J connectivity index is 1.44. The van der Waals surface area contributed by atoms with Crippen LogP contribution in [0.4, 0.5) is 0 Å². The van der Waals surface area contributed by atoms with E-state index in [1.807, 2.05) is 58.0 Å². The number of nitrogens with one attached hydrogen (secondary N) is 1. The van der Waals surface area contributed by atoms with Crippen LogP contribution in [0.15, 0.2) is 35.2 Å². The van der Waals surface area contributed by atoms with Gasteiger partial charge in [-0.15, -0.1) is 0 Å². The van der Waals surface area contributed by atoms with Gasteiger partial charge in [0.2, 0.25) is 15.9 Å². The van der Waals surface area contributed by atoms with Crippen LogP contribution in [0.3, 0.4) is 0 Å². The van der Waals surface area contributed by atoms with Crippen LogP contribution in [-0.2, 0) is 14.8 Å². The summed E-state index contributed by atoms with van der Waals surface area (Å²) in [5.41, 5.74) is 4.60. The summed E-state index contributed by atoms with van der Waals surface area (Å²) < 4.78 is 34.2. The number of sulfonamides is 1. The Kier molecular flexibility index (Phi) is 6.32. The van der Waals surface area contributed by atoms with Crippen molar-refractivity contribution < 1.29 is 17.9 Å². The molecule has 4 rings (SSSR count). The number of benzene rings is 2. The predicted molar refractivity (Wildman–Crippen MR) is 124 cm³/mol. The van der Waals surface area contributed by atoms with Crippen molar-refractivity contribution in [3.05, 3.63) is 58.1 Å². The first-order valence-corrected chi connectivity index (χ1v) is 12.7. The summed E-state index contributed by atoms with van der Waals surface area (Å²) >= 11 is 0. The van der Waals surface area contributed by atoms with Crippen LogP contribution in [0, 0.1) is 33.6 Å². The first-order chi connectivity index (χ1) is 15.2. The van der Waals surface area contributed by atoms with E-state index in [2.05, 4.69) is 5.32 Å². The molecule has 0 aromatic heterocycles. The zero-order valence-electron chi connectivity index (χ0n) is 19.3. The number of ether oxygens (including phenoxy) is 1. The number of nitrogens with zero attached hydrogens (tertiary/aromatic N) is 1. The van der Waals surface area contributed by atoms with Gasteiger partial charge in [0.1, 0.15) is 5.75 Å². The fraction of sp³-hybridized carbons (Fsp3) is 0.480. The summed E-state index contributed by atoms with van der Waals surface area (Å²) in [7, 11) is -3.60. The third-order valence-electron chi connectivity index (χ3n) is 6.99. The van der Waals surface area contributed by atoms with Gasteiger partial charge in [0.25, 0.3) is 0 Å². The molecule has 0 spiro atoms. The van der Waals surface area contributed by atoms with Gasteiger partial charge in [-0.05, 0) is 68.9 Å². The minimum atomic E-state index is -3.60. The molecular weight excluding hydrogens is 424 g/mol. The van der Waals surface area contributed by atoms with Crippen LogP contribution in [0.2, 0.25) is 0 Å². The van der Waals surface area contributed by atoms with Crippen molar-refractivity contribution in [3.8, 4) is 5.75 Å². The Labute approximate surface area is 191 Å². The van der Waals surface area contributed by atoms with Gasteiger partial charge in [-0.1, -0.05) is 24.3 Å². The third kappa shape index (κ3) is 4.16. The maximum Gasteiger partial charge on any atom is 0.243 e. The Hall–Kier alpha value is -2.38. The lowest BCUT2D eigenvalue weighted by molar-refractivity contribution is -0.127. The largest absolute Gasteiger partial charge is 0.493 e. The van der Waals surface area contributed by atoms with Gasteiger partial charge in [0, 0.05) is 31.0 Å². The molecule has 2 aromatic rings. The van der Waals surface area contributed by atoms with Crippen LogP contribution in [0.1, 0.15) is 53.1 Å². The molecule has 1 N–H and O–H groups in total. The van der Waals surface area contributed by atoms with Crippen molar-refractivity contribution >= 4 is 15.9 Å². The van der Waals surface area contributed by atoms with Gasteiger partial charge in [-0.3, -0.25) is 4.79 Å². The van der Waals surface area contributed by atoms with Gasteiger partial charge in [0.05, 0.1) is 17.5 Å². The molecule has 1 amide bonds. The van der Waals surface area contributed by atoms with Crippen LogP contribution < -0.4 is 10.1 Å². The van der Waals surface area contributed by atoms with Crippen molar-refractivity contribution in [2.75, 3.05) is 19.7 Å². The van der Waals surface area contributed by atoms with Crippen LogP contribution in [-0.4, -0.2) is 38.3 Å². The molecule has 2 aliphatic heterocycles. The van der Waals surface area contributed by atoms with Crippen LogP contribution in [0.25, 0.3) is 0 Å². The summed E-state index contributed by atoms with van der Waals surface area (Å²) in [6, 6.07) is 9.77. The number of carbonyl (C=O) groups excluding carboxylic acids is 1. The maximum absolute atomic E-state index is 13.5. The topological polar surface area (TPSA) is 75.7 Å². The normalized spacial score (nSPS) is 19.8. The average Bonchev–Trinajstić information content (AvgIpc) is 2.78. The second-order valence-electron chi connectivity index (χ2n) is 9.00. The van der Waals surface area contributed by atoms with Gasteiger partial charge < -0.3 is 10.1 Å². The van der Waals surface area contributed by atoms with Gasteiger partial charge in [-0.25, -0.2) is 8.42 Å². The van der Waals surface area contributed by atoms with E-state index >= 15 is 0 Å². The zero-order valence-corrected chi connectivity index (χ0v) is 20.1. The minimum absolute atomic E-state index is 0.00233. The molecule has 0 radical (unpaired) electrons. The number of rotatable bonds is 4. The molecule has 0 saturated carbocycles. The molecule has 1 saturated heterocycles. The lowest BCUT2D eigenvalue weighted by atomic mass is 9.95. The van der Waals surface area contributed by atoms with Crippen molar-refractivity contribution in [1.29, 1.82) is 0 Å². The van der Waals surface area contributed by atoms with E-state index in [-0.39, 0.29) is 17.9 Å². The number of piperidine rings is 1. The van der Waals surface area contributed by atoms with Gasteiger partial charge >= 0.3 is 0 Å². The summed E-state index contributed by atoms with van der Waals surface area (Å²) in [6.07, 6.45) is 1.79. The van der Waals surface area contributed by atoms with Crippen LogP contribution in [0.5, 0.6) is 5.75 Å². The van der Waals surface area contributed by atoms with Crippen molar-refractivity contribution in [3.63, 3.8) is 0 Å². The maximum atomic E-state index is 13.5. The SMILES string of the molecule is Cc1cc(C)c(C)c(S(=O)(=O)N2CCC(C(=O)NC3CCOc4ccccc43)CC2)c1C. The zero-order chi connectivity index (χ0) is 23.0. The summed E-state index contributed by atoms with van der Waals surface area (Å²) in [5.74, 6) is 0.643. The molecule has 6 nitrogen and oxygen atoms in total. The van der Waals surface area contributed by atoms with Crippen LogP contribution >= 0.6 is 0 Å². The number of para-hydroxylation sites is 1. The number of carbonyl (C=O) groups is 1. The highest BCUT2D eigenvalue weighted by Crippen LogP contribution is 2.33. The Morgan fingerprint density at radius 1 is 1.00 bits per heavy atom. The van der Waals surface area contributed by atoms with E-state index < -0.39 is 10.0 Å². The lowest BCUT2D eigenvalue weighted by Gasteiger charge is -2.33. The Bertz CT molecular complexity index is 1110. The van der Waals surface area contributed by atoms with Crippen molar-refractivity contribution in [2.24, 2.45) is 5.92 Å². The molecule has 2 aromatic carbocycles. The predicted octanol–water partition coefficient (Wildman–Crippen LogP) is 3.96. The van der Waals surface area contributed by atoms with Crippen molar-refractivity contribution in [2.45, 2.75) is 57.9 Å². The van der Waals surface area contributed by atoms with Gasteiger partial charge in [0.15, 0.2) is 0 Å². The fourth-order valence-corrected chi connectivity index (χ4v) is 6.88. The van der Waals surface area contributed by atoms with E-state index in [0.29, 0.717) is 37.4 Å². The monoisotopic (exact) mass is 456 g/mol. The number of hydrogen-bond donors (Lipinski definition) is 1. The third-order valence-corrected chi connectivity index (χ3v) is 9.17. The second kappa shape index (κ2) is 8.87. The smallest absolute Gasteiger partial charge is 0.243 e. The molecule has 0 aliphatic carbocycles. The molecule has 1 fully saturated rings. The number of hydrogen-bond acceptors (Lipinski definition) is 4. The Morgan fingerprint density at radius 2 is 1.62 bits per heavy atom. The molecule has 172 valence electrons. The summed E-state index contributed by atoms with van der Waals surface area (Å²) in [5, 5.41) is 3.18. The van der Waals surface area contributed by atoms with E-state index in [1.165, 1.54) is 0 Å². The highest BCUT2D eigenvalue weighted by molar-refractivity contribution is 7.89. The van der Waals surface area contributed by atoms with Gasteiger partial charge in [-0.2, -0.15) is 4.31 Å². The fourth-order valence-electron chi connectivity index (χ4n) is 4.84. The molecular formula is C25H32N2O4S. The number of fused-ring (bicyclic) bond motifs is 1. The average molecular weight is 457 g/mol. The van der Waals surface area contributed by atoms with E-state index in [0.717, 1.165) is 40.0 Å². The molecule has 7 heteroatoms. The molecule has 32 heavy (non-hydrogen) atoms. The highest BCUT2D eigenvalue weighted by Gasteiger charge is 2.35. The second-order valence-corrected chi connectivity index (χ2v) is 10.9. The van der Waals surface area contributed by atoms with E-state index in [9.17, 15) is 13.2 Å². The summed E-state index contributed by atoms with van der Waals surface area (Å²) in [4.78, 5) is 13.4. The summed E-state index contributed by atoms with van der Waals surface area (Å²) in [6.45, 7) is 8.94. The minimum Gasteiger partial charge on any atom is -0.493 e. The Morgan fingerprint density at radius 3 is 2.28 bits per heavy atom. The molecule has 2 heterocycles. The first kappa shape index (κ1) is 22.8. The lowest BCUT2D eigenvalue weighted by Crippen LogP contribution is -2.44. The molecule has 0 bridgehead atoms. The van der Waals surface area contributed by atoms with E-state index in [4.69, 9.17) is 4.74 Å². The first-order valence-electron chi connectivity index (χ1n) is 11.3. The van der Waals surface area contributed by atoms with E-state index in [1.54, 1.807) is 4.31 Å². The standard InChI is InChI=1S/C25H32N2O4S/c1-16-15-17(2)19(4)24(18(16)3)32(29,30)27-12-9-20(10-13-27)25(28)26-22-11-14-31-23-8-6-5-7-21(22)23/h5-8,15,20,22H,9-14H2,1-4H3,(H,26,28). The number of aryl methyl sites for hydroxylation is 2. The molecule has 1 atom stereocenters. The molecule has 1 unspecified atom stereocenters. The quantitative estimate of drug-likeness (QED) is 0.756. The highest BCUT2D eigenvalue weighted by atomic mass is 32.2. The number of amides is 1.